The standard InChI is InChI=1S/C28H29F2N7O4S/c1-3-16-42(39,40)36-21-9-8-19(29)23(24(21)30)20-10-11-22-25(33-20)27(37-12-14-41-15-13-37)35-26(34-22)17-4-6-18(7-5-17)32-28(38)31-2/h4-11,36H,3,12-16H2,1-2H3,(H2,31,32,38). The van der Waals surface area contributed by atoms with Gasteiger partial charge in [-0.25, -0.2) is 36.9 Å². The van der Waals surface area contributed by atoms with Gasteiger partial charge in [0, 0.05) is 31.4 Å². The monoisotopic (exact) mass is 597 g/mol. The van der Waals surface area contributed by atoms with Gasteiger partial charge in [0.2, 0.25) is 10.0 Å². The molecule has 0 atom stereocenters. The Labute approximate surface area is 241 Å². The van der Waals surface area contributed by atoms with E-state index in [1.54, 1.807) is 37.3 Å². The number of nitrogens with zero attached hydrogens (tertiary/aromatic N) is 4. The van der Waals surface area contributed by atoms with Gasteiger partial charge in [-0.3, -0.25) is 4.72 Å². The maximum atomic E-state index is 15.6. The number of pyridine rings is 1. The Morgan fingerprint density at radius 2 is 1.74 bits per heavy atom. The summed E-state index contributed by atoms with van der Waals surface area (Å²) in [7, 11) is -2.29. The summed E-state index contributed by atoms with van der Waals surface area (Å²) in [5.41, 5.74) is 1.17. The molecule has 2 aromatic heterocycles. The molecule has 0 unspecified atom stereocenters. The van der Waals surface area contributed by atoms with Crippen molar-refractivity contribution in [3.05, 3.63) is 60.2 Å². The normalized spacial score (nSPS) is 13.7. The van der Waals surface area contributed by atoms with E-state index >= 15 is 8.78 Å². The van der Waals surface area contributed by atoms with Gasteiger partial charge in [-0.05, 0) is 55.0 Å². The number of hydrogen-bond donors (Lipinski definition) is 3. The van der Waals surface area contributed by atoms with Crippen LogP contribution in [0.1, 0.15) is 13.3 Å². The van der Waals surface area contributed by atoms with Crippen molar-refractivity contribution in [1.82, 2.24) is 20.3 Å². The zero-order valence-corrected chi connectivity index (χ0v) is 23.8. The SMILES string of the molecule is CCCS(=O)(=O)Nc1ccc(F)c(-c2ccc3nc(-c4ccc(NC(=O)NC)cc4)nc(N4CCOCC4)c3n2)c1F. The maximum Gasteiger partial charge on any atom is 0.318 e. The van der Waals surface area contributed by atoms with Crippen molar-refractivity contribution in [2.24, 2.45) is 0 Å². The minimum absolute atomic E-state index is 0.0375. The van der Waals surface area contributed by atoms with Crippen LogP contribution in [-0.4, -0.2) is 68.5 Å². The predicted molar refractivity (Wildman–Crippen MR) is 157 cm³/mol. The number of morpholine rings is 1. The molecule has 0 spiro atoms. The predicted octanol–water partition coefficient (Wildman–Crippen LogP) is 4.38. The van der Waals surface area contributed by atoms with Gasteiger partial charge in [-0.2, -0.15) is 0 Å². The molecule has 220 valence electrons. The molecule has 0 aliphatic carbocycles. The molecule has 3 N–H and O–H groups in total. The van der Waals surface area contributed by atoms with Crippen molar-refractivity contribution in [2.45, 2.75) is 13.3 Å². The fourth-order valence-corrected chi connectivity index (χ4v) is 5.64. The van der Waals surface area contributed by atoms with E-state index in [4.69, 9.17) is 9.72 Å². The molecule has 1 aliphatic rings. The molecule has 2 aromatic carbocycles. The van der Waals surface area contributed by atoms with Crippen LogP contribution in [0.25, 0.3) is 33.7 Å². The smallest absolute Gasteiger partial charge is 0.318 e. The fourth-order valence-electron chi connectivity index (χ4n) is 4.51. The Bertz CT molecular complexity index is 1730. The topological polar surface area (TPSA) is 138 Å². The van der Waals surface area contributed by atoms with Crippen molar-refractivity contribution in [3.63, 3.8) is 0 Å². The number of amides is 2. The van der Waals surface area contributed by atoms with Crippen molar-refractivity contribution in [2.75, 3.05) is 54.0 Å². The fraction of sp³-hybridized carbons (Fsp3) is 0.286. The molecular weight excluding hydrogens is 568 g/mol. The van der Waals surface area contributed by atoms with Crippen LogP contribution >= 0.6 is 0 Å². The van der Waals surface area contributed by atoms with Gasteiger partial charge in [0.1, 0.15) is 11.3 Å². The number of hydrogen-bond acceptors (Lipinski definition) is 8. The summed E-state index contributed by atoms with van der Waals surface area (Å²) in [6, 6.07) is 11.7. The number of benzene rings is 2. The van der Waals surface area contributed by atoms with E-state index in [9.17, 15) is 13.2 Å². The summed E-state index contributed by atoms with van der Waals surface area (Å²) in [4.78, 5) is 27.6. The number of rotatable bonds is 8. The van der Waals surface area contributed by atoms with Crippen LogP contribution in [0.5, 0.6) is 0 Å². The first-order chi connectivity index (χ1) is 20.2. The highest BCUT2D eigenvalue weighted by atomic mass is 32.2. The molecule has 42 heavy (non-hydrogen) atoms. The van der Waals surface area contributed by atoms with Crippen molar-refractivity contribution >= 4 is 44.3 Å². The number of sulfonamides is 1. The molecule has 2 amide bonds. The molecule has 4 aromatic rings. The Morgan fingerprint density at radius 3 is 2.43 bits per heavy atom. The van der Waals surface area contributed by atoms with E-state index in [2.05, 4.69) is 25.3 Å². The number of nitrogens with one attached hydrogen (secondary N) is 3. The number of carbonyl (C=O) groups excluding carboxylic acids is 1. The zero-order valence-electron chi connectivity index (χ0n) is 22.9. The molecule has 0 saturated carbocycles. The lowest BCUT2D eigenvalue weighted by molar-refractivity contribution is 0.122. The average molecular weight is 598 g/mol. The number of ether oxygens (including phenoxy) is 1. The summed E-state index contributed by atoms with van der Waals surface area (Å²) in [6.07, 6.45) is 0.334. The highest BCUT2D eigenvalue weighted by Gasteiger charge is 2.23. The van der Waals surface area contributed by atoms with Gasteiger partial charge in [-0.15, -0.1) is 0 Å². The van der Waals surface area contributed by atoms with Crippen molar-refractivity contribution in [3.8, 4) is 22.6 Å². The third-order valence-electron chi connectivity index (χ3n) is 6.55. The Kier molecular flexibility index (Phi) is 8.45. The van der Waals surface area contributed by atoms with Crippen LogP contribution in [0.15, 0.2) is 48.5 Å². The summed E-state index contributed by atoms with van der Waals surface area (Å²) in [6.45, 7) is 3.64. The minimum atomic E-state index is -3.81. The van der Waals surface area contributed by atoms with Crippen molar-refractivity contribution in [1.29, 1.82) is 0 Å². The van der Waals surface area contributed by atoms with Crippen LogP contribution in [0.2, 0.25) is 0 Å². The highest BCUT2D eigenvalue weighted by Crippen LogP contribution is 2.34. The van der Waals surface area contributed by atoms with Crippen LogP contribution in [-0.2, 0) is 14.8 Å². The minimum Gasteiger partial charge on any atom is -0.378 e. The van der Waals surface area contributed by atoms with E-state index < -0.39 is 27.2 Å². The van der Waals surface area contributed by atoms with E-state index in [0.717, 1.165) is 12.1 Å². The van der Waals surface area contributed by atoms with E-state index in [0.29, 0.717) is 66.7 Å². The average Bonchev–Trinajstić information content (AvgIpc) is 2.99. The van der Waals surface area contributed by atoms with Crippen molar-refractivity contribution < 1.29 is 26.7 Å². The number of aromatic nitrogens is 3. The second-order valence-electron chi connectivity index (χ2n) is 9.52. The lowest BCUT2D eigenvalue weighted by Crippen LogP contribution is -2.37. The molecule has 11 nitrogen and oxygen atoms in total. The number of urea groups is 1. The van der Waals surface area contributed by atoms with Crippen LogP contribution in [0.4, 0.5) is 30.8 Å². The third kappa shape index (κ3) is 6.24. The summed E-state index contributed by atoms with van der Waals surface area (Å²) in [5.74, 6) is -1.31. The number of anilines is 3. The second kappa shape index (κ2) is 12.2. The first-order valence-corrected chi connectivity index (χ1v) is 14.9. The molecule has 5 rings (SSSR count). The van der Waals surface area contributed by atoms with Gasteiger partial charge in [0.15, 0.2) is 17.5 Å². The lowest BCUT2D eigenvalue weighted by Gasteiger charge is -2.28. The van der Waals surface area contributed by atoms with Gasteiger partial charge < -0.3 is 20.3 Å². The Hall–Kier alpha value is -4.43. The Morgan fingerprint density at radius 1 is 1.00 bits per heavy atom. The molecule has 1 fully saturated rings. The molecular formula is C28H29F2N7O4S. The molecule has 0 bridgehead atoms. The first-order valence-electron chi connectivity index (χ1n) is 13.3. The van der Waals surface area contributed by atoms with Gasteiger partial charge in [-0.1, -0.05) is 6.92 Å². The van der Waals surface area contributed by atoms with Crippen LogP contribution in [0.3, 0.4) is 0 Å². The van der Waals surface area contributed by atoms with Crippen LogP contribution < -0.4 is 20.3 Å². The number of halogens is 2. The van der Waals surface area contributed by atoms with Gasteiger partial charge in [0.05, 0.1) is 41.4 Å². The summed E-state index contributed by atoms with van der Waals surface area (Å²) >= 11 is 0. The highest BCUT2D eigenvalue weighted by molar-refractivity contribution is 7.92. The van der Waals surface area contributed by atoms with E-state index in [1.165, 1.54) is 13.1 Å². The number of fused-ring (bicyclic) bond motifs is 1. The van der Waals surface area contributed by atoms with Gasteiger partial charge >= 0.3 is 6.03 Å². The maximum absolute atomic E-state index is 15.6. The van der Waals surface area contributed by atoms with E-state index in [-0.39, 0.29) is 23.2 Å². The van der Waals surface area contributed by atoms with Gasteiger partial charge in [0.25, 0.3) is 0 Å². The van der Waals surface area contributed by atoms with Crippen LogP contribution in [0, 0.1) is 11.6 Å². The first kappa shape index (κ1) is 29.1. The molecule has 14 heteroatoms. The Balaban J connectivity index is 1.60. The molecule has 3 heterocycles. The second-order valence-corrected chi connectivity index (χ2v) is 11.4. The summed E-state index contributed by atoms with van der Waals surface area (Å²) < 4.78 is 62.8. The number of carbonyl (C=O) groups is 1. The molecule has 0 radical (unpaired) electrons. The lowest BCUT2D eigenvalue weighted by atomic mass is 10.1. The largest absolute Gasteiger partial charge is 0.378 e. The van der Waals surface area contributed by atoms with E-state index in [1.807, 2.05) is 4.90 Å². The summed E-state index contributed by atoms with van der Waals surface area (Å²) in [5, 5.41) is 5.18. The third-order valence-corrected chi connectivity index (χ3v) is 8.02. The zero-order chi connectivity index (χ0) is 29.9. The molecule has 1 saturated heterocycles. The molecule has 1 aliphatic heterocycles. The quantitative estimate of drug-likeness (QED) is 0.272.